The second-order valence-corrected chi connectivity index (χ2v) is 9.17. The van der Waals surface area contributed by atoms with Gasteiger partial charge in [-0.15, -0.1) is 0 Å². The largest absolute Gasteiger partial charge is 0.491 e. The van der Waals surface area contributed by atoms with E-state index in [9.17, 15) is 4.79 Å². The van der Waals surface area contributed by atoms with Crippen molar-refractivity contribution in [2.45, 2.75) is 44.9 Å². The first-order valence-corrected chi connectivity index (χ1v) is 12.6. The molecule has 0 saturated heterocycles. The predicted octanol–water partition coefficient (Wildman–Crippen LogP) is 5.31. The molecule has 1 aliphatic heterocycles. The van der Waals surface area contributed by atoms with Gasteiger partial charge in [-0.1, -0.05) is 66.7 Å². The van der Waals surface area contributed by atoms with Gasteiger partial charge >= 0.3 is 0 Å². The monoisotopic (exact) mass is 480 g/mol. The molecule has 1 aromatic heterocycles. The van der Waals surface area contributed by atoms with Gasteiger partial charge < -0.3 is 15.0 Å². The van der Waals surface area contributed by atoms with Gasteiger partial charge in [-0.25, -0.2) is 0 Å². The zero-order valence-corrected chi connectivity index (χ0v) is 20.4. The Bertz CT molecular complexity index is 1260. The van der Waals surface area contributed by atoms with Gasteiger partial charge in [0.2, 0.25) is 5.91 Å². The van der Waals surface area contributed by atoms with E-state index >= 15 is 0 Å². The van der Waals surface area contributed by atoms with Crippen LogP contribution in [0.4, 0.5) is 5.69 Å². The molecule has 1 aliphatic rings. The molecule has 0 fully saturated rings. The van der Waals surface area contributed by atoms with Crippen molar-refractivity contribution >= 4 is 11.6 Å². The van der Waals surface area contributed by atoms with Gasteiger partial charge in [0.1, 0.15) is 12.4 Å². The molecule has 0 bridgehead atoms. The lowest BCUT2D eigenvalue weighted by atomic mass is 10.0. The highest BCUT2D eigenvalue weighted by Gasteiger charge is 2.26. The number of carbonyl (C=O) groups excluding carboxylic acids is 1. The van der Waals surface area contributed by atoms with Crippen LogP contribution in [0.1, 0.15) is 29.5 Å². The molecule has 0 unspecified atom stereocenters. The first-order chi connectivity index (χ1) is 17.8. The Kier molecular flexibility index (Phi) is 7.61. The predicted molar refractivity (Wildman–Crippen MR) is 142 cm³/mol. The maximum atomic E-state index is 13.8. The molecule has 2 heterocycles. The second kappa shape index (κ2) is 11.6. The average Bonchev–Trinajstić information content (AvgIpc) is 3.43. The minimum absolute atomic E-state index is 0.108. The summed E-state index contributed by atoms with van der Waals surface area (Å²) in [5.41, 5.74) is 4.44. The van der Waals surface area contributed by atoms with Gasteiger partial charge in [0, 0.05) is 49.7 Å². The fraction of sp³-hybridized carbons (Fsp3) is 0.267. The molecule has 0 aliphatic carbocycles. The molecule has 3 aromatic carbocycles. The highest BCUT2D eigenvalue weighted by molar-refractivity contribution is 5.77. The number of hydrogen-bond donors (Lipinski definition) is 1. The van der Waals surface area contributed by atoms with Crippen molar-refractivity contribution in [3.05, 3.63) is 114 Å². The maximum absolute atomic E-state index is 13.8. The van der Waals surface area contributed by atoms with Crippen LogP contribution in [-0.4, -0.2) is 33.2 Å². The van der Waals surface area contributed by atoms with Gasteiger partial charge in [-0.3, -0.25) is 9.48 Å². The number of nitrogens with zero attached hydrogens (tertiary/aromatic N) is 3. The summed E-state index contributed by atoms with van der Waals surface area (Å²) in [4.78, 5) is 15.8. The van der Waals surface area contributed by atoms with E-state index in [1.54, 1.807) is 6.20 Å². The number of carbonyl (C=O) groups is 1. The Morgan fingerprint density at radius 3 is 2.56 bits per heavy atom. The van der Waals surface area contributed by atoms with E-state index in [-0.39, 0.29) is 11.9 Å². The Morgan fingerprint density at radius 1 is 0.944 bits per heavy atom. The van der Waals surface area contributed by atoms with Crippen LogP contribution in [0.2, 0.25) is 0 Å². The first kappa shape index (κ1) is 23.7. The molecule has 36 heavy (non-hydrogen) atoms. The number of benzene rings is 3. The van der Waals surface area contributed by atoms with Crippen LogP contribution in [0.15, 0.2) is 97.3 Å². The lowest BCUT2D eigenvalue weighted by Crippen LogP contribution is -2.44. The van der Waals surface area contributed by atoms with Gasteiger partial charge in [-0.2, -0.15) is 5.10 Å². The van der Waals surface area contributed by atoms with Crippen LogP contribution in [0.25, 0.3) is 0 Å². The van der Waals surface area contributed by atoms with Crippen LogP contribution < -0.4 is 10.1 Å². The number of anilines is 1. The quantitative estimate of drug-likeness (QED) is 0.406. The topological polar surface area (TPSA) is 59.4 Å². The zero-order valence-electron chi connectivity index (χ0n) is 20.4. The number of aryl methyl sites for hydroxylation is 1. The molecule has 1 atom stereocenters. The summed E-state index contributed by atoms with van der Waals surface area (Å²) in [6, 6.07) is 28.6. The number of amides is 1. The molecule has 5 rings (SSSR count). The van der Waals surface area contributed by atoms with E-state index in [1.807, 2.05) is 70.4 Å². The van der Waals surface area contributed by atoms with E-state index in [2.05, 4.69) is 40.7 Å². The molecule has 1 amide bonds. The number of nitrogens with one attached hydrogen (secondary N) is 1. The molecule has 4 aromatic rings. The zero-order chi connectivity index (χ0) is 24.6. The fourth-order valence-electron chi connectivity index (χ4n) is 4.72. The SMILES string of the molecule is O=C(CCCn1cccn1)N1Cc2ccccc2NCc2ccccc2OC[C@@H]1Cc1ccccc1. The molecule has 0 radical (unpaired) electrons. The molecule has 0 saturated carbocycles. The van der Waals surface area contributed by atoms with Crippen molar-refractivity contribution in [1.29, 1.82) is 0 Å². The van der Waals surface area contributed by atoms with Crippen molar-refractivity contribution in [3.8, 4) is 5.75 Å². The van der Waals surface area contributed by atoms with Crippen molar-refractivity contribution in [2.24, 2.45) is 0 Å². The Labute approximate surface area is 212 Å². The van der Waals surface area contributed by atoms with Crippen LogP contribution in [0.3, 0.4) is 0 Å². The lowest BCUT2D eigenvalue weighted by molar-refractivity contribution is -0.135. The minimum atomic E-state index is -0.108. The van der Waals surface area contributed by atoms with Crippen molar-refractivity contribution in [3.63, 3.8) is 0 Å². The Balaban J connectivity index is 1.46. The van der Waals surface area contributed by atoms with Gasteiger partial charge in [-0.05, 0) is 42.2 Å². The summed E-state index contributed by atoms with van der Waals surface area (Å²) >= 11 is 0. The lowest BCUT2D eigenvalue weighted by Gasteiger charge is -2.33. The molecular weight excluding hydrogens is 448 g/mol. The number of fused-ring (bicyclic) bond motifs is 2. The summed E-state index contributed by atoms with van der Waals surface area (Å²) in [6.45, 7) is 2.34. The maximum Gasteiger partial charge on any atom is 0.223 e. The third-order valence-corrected chi connectivity index (χ3v) is 6.64. The Hall–Kier alpha value is -4.06. The van der Waals surface area contributed by atoms with Gasteiger partial charge in [0.15, 0.2) is 0 Å². The average molecular weight is 481 g/mol. The van der Waals surface area contributed by atoms with Gasteiger partial charge in [0.25, 0.3) is 0 Å². The van der Waals surface area contributed by atoms with E-state index in [0.717, 1.165) is 42.0 Å². The first-order valence-electron chi connectivity index (χ1n) is 12.6. The molecule has 0 spiro atoms. The summed E-state index contributed by atoms with van der Waals surface area (Å²) < 4.78 is 8.27. The van der Waals surface area contributed by atoms with Crippen LogP contribution in [-0.2, 0) is 30.8 Å². The number of hydrogen-bond acceptors (Lipinski definition) is 4. The smallest absolute Gasteiger partial charge is 0.223 e. The number of para-hydroxylation sites is 2. The number of aromatic nitrogens is 2. The summed E-state index contributed by atoms with van der Waals surface area (Å²) in [5.74, 6) is 0.988. The van der Waals surface area contributed by atoms with Crippen molar-refractivity contribution < 1.29 is 9.53 Å². The number of rotatable bonds is 6. The molecular formula is C30H32N4O2. The fourth-order valence-corrected chi connectivity index (χ4v) is 4.72. The van der Waals surface area contributed by atoms with Crippen molar-refractivity contribution in [1.82, 2.24) is 14.7 Å². The van der Waals surface area contributed by atoms with Crippen LogP contribution in [0.5, 0.6) is 5.75 Å². The summed E-state index contributed by atoms with van der Waals surface area (Å²) in [5, 5.41) is 7.84. The van der Waals surface area contributed by atoms with E-state index in [1.165, 1.54) is 5.56 Å². The van der Waals surface area contributed by atoms with E-state index in [4.69, 9.17) is 4.74 Å². The third-order valence-electron chi connectivity index (χ3n) is 6.64. The number of ether oxygens (including phenoxy) is 1. The molecule has 6 heteroatoms. The van der Waals surface area contributed by atoms with E-state index in [0.29, 0.717) is 26.1 Å². The Morgan fingerprint density at radius 2 is 1.72 bits per heavy atom. The molecule has 1 N–H and O–H groups in total. The summed E-state index contributed by atoms with van der Waals surface area (Å²) in [6.07, 6.45) is 5.62. The van der Waals surface area contributed by atoms with Crippen molar-refractivity contribution in [2.75, 3.05) is 11.9 Å². The summed E-state index contributed by atoms with van der Waals surface area (Å²) in [7, 11) is 0. The minimum Gasteiger partial charge on any atom is -0.491 e. The third kappa shape index (κ3) is 5.95. The van der Waals surface area contributed by atoms with Crippen LogP contribution >= 0.6 is 0 Å². The molecule has 6 nitrogen and oxygen atoms in total. The normalized spacial score (nSPS) is 15.6. The standard InChI is InChI=1S/C30H32N4O2/c35-30(16-8-18-33-19-9-17-32-33)34-22-26-13-4-6-14-28(26)31-21-25-12-5-7-15-29(25)36-23-27(34)20-24-10-2-1-3-11-24/h1-7,9-15,17,19,27,31H,8,16,18,20-23H2/t27-/m0/s1. The highest BCUT2D eigenvalue weighted by atomic mass is 16.5. The highest BCUT2D eigenvalue weighted by Crippen LogP contribution is 2.26. The molecule has 184 valence electrons. The van der Waals surface area contributed by atoms with Gasteiger partial charge in [0.05, 0.1) is 6.04 Å². The van der Waals surface area contributed by atoms with E-state index < -0.39 is 0 Å². The van der Waals surface area contributed by atoms with Crippen LogP contribution in [0, 0.1) is 0 Å². The second-order valence-electron chi connectivity index (χ2n) is 9.17.